The lowest BCUT2D eigenvalue weighted by molar-refractivity contribution is -0.150. The van der Waals surface area contributed by atoms with Crippen LogP contribution in [0.25, 0.3) is 0 Å². The third-order valence-electron chi connectivity index (χ3n) is 5.72. The van der Waals surface area contributed by atoms with Crippen LogP contribution in [0.5, 0.6) is 0 Å². The molecule has 2 aromatic carbocycles. The fourth-order valence-corrected chi connectivity index (χ4v) is 3.32. The standard InChI is InChI=1S/C15H19NO5.C15H17NO4/c1-10(17)13(15(19)20-3)16-14(18)11(2)21-9-12-7-5-4-6-8-12;1-10-13(15(17)18-3)16-14(20-10)11(2)19-9-12-7-5-4-6-8-12/h4-8,11,13H,9H2,1-3H3,(H,16,18);4-8,11H,9H2,1-3H3/t11?,13-;/m0./s1. The molecule has 3 aromatic rings. The van der Waals surface area contributed by atoms with Crippen molar-refractivity contribution in [2.75, 3.05) is 14.2 Å². The molecule has 0 saturated heterocycles. The Kier molecular flexibility index (Phi) is 13.4. The molecule has 220 valence electrons. The Morgan fingerprint density at radius 3 is 1.88 bits per heavy atom. The highest BCUT2D eigenvalue weighted by Gasteiger charge is 2.28. The molecule has 0 bridgehead atoms. The van der Waals surface area contributed by atoms with Gasteiger partial charge in [-0.15, -0.1) is 0 Å². The molecule has 1 heterocycles. The molecule has 0 aliphatic heterocycles. The Hall–Kier alpha value is -4.35. The van der Waals surface area contributed by atoms with Crippen molar-refractivity contribution in [3.8, 4) is 0 Å². The summed E-state index contributed by atoms with van der Waals surface area (Å²) in [6.07, 6.45) is -1.14. The summed E-state index contributed by atoms with van der Waals surface area (Å²) in [4.78, 5) is 50.2. The van der Waals surface area contributed by atoms with Crippen molar-refractivity contribution >= 4 is 23.6 Å². The second kappa shape index (κ2) is 16.7. The largest absolute Gasteiger partial charge is 0.467 e. The monoisotopic (exact) mass is 568 g/mol. The van der Waals surface area contributed by atoms with Gasteiger partial charge in [-0.05, 0) is 38.8 Å². The van der Waals surface area contributed by atoms with E-state index in [-0.39, 0.29) is 18.4 Å². The van der Waals surface area contributed by atoms with Crippen LogP contribution in [-0.4, -0.2) is 55.0 Å². The summed E-state index contributed by atoms with van der Waals surface area (Å²) in [6.45, 7) is 6.97. The third-order valence-corrected chi connectivity index (χ3v) is 5.72. The van der Waals surface area contributed by atoms with Crippen LogP contribution < -0.4 is 5.32 Å². The maximum Gasteiger partial charge on any atom is 0.360 e. The fraction of sp³-hybridized carbons (Fsp3) is 0.367. The lowest BCUT2D eigenvalue weighted by Gasteiger charge is -2.17. The Morgan fingerprint density at radius 1 is 0.854 bits per heavy atom. The summed E-state index contributed by atoms with van der Waals surface area (Å²) < 4.78 is 25.7. The van der Waals surface area contributed by atoms with Crippen LogP contribution in [0.2, 0.25) is 0 Å². The van der Waals surface area contributed by atoms with Crippen molar-refractivity contribution in [1.82, 2.24) is 10.3 Å². The van der Waals surface area contributed by atoms with Crippen LogP contribution in [0, 0.1) is 6.92 Å². The van der Waals surface area contributed by atoms with Gasteiger partial charge in [0.05, 0.1) is 27.4 Å². The Labute approximate surface area is 239 Å². The van der Waals surface area contributed by atoms with E-state index in [1.165, 1.54) is 14.0 Å². The zero-order valence-corrected chi connectivity index (χ0v) is 24.0. The molecule has 0 saturated carbocycles. The number of hydrogen-bond acceptors (Lipinski definition) is 10. The second-order valence-corrected chi connectivity index (χ2v) is 8.90. The number of hydrogen-bond donors (Lipinski definition) is 1. The summed E-state index contributed by atoms with van der Waals surface area (Å²) in [6, 6.07) is 17.9. The van der Waals surface area contributed by atoms with Crippen LogP contribution in [0.4, 0.5) is 0 Å². The Balaban J connectivity index is 0.000000287. The molecule has 41 heavy (non-hydrogen) atoms. The summed E-state index contributed by atoms with van der Waals surface area (Å²) in [7, 11) is 2.46. The molecular formula is C30H36N2O9. The van der Waals surface area contributed by atoms with E-state index in [0.29, 0.717) is 18.3 Å². The number of ether oxygens (including phenoxy) is 4. The summed E-state index contributed by atoms with van der Waals surface area (Å²) in [5.74, 6) is -1.54. The highest BCUT2D eigenvalue weighted by molar-refractivity contribution is 6.05. The van der Waals surface area contributed by atoms with E-state index < -0.39 is 35.8 Å². The molecule has 0 spiro atoms. The van der Waals surface area contributed by atoms with Gasteiger partial charge >= 0.3 is 11.9 Å². The molecule has 0 fully saturated rings. The van der Waals surface area contributed by atoms with E-state index in [1.54, 1.807) is 13.8 Å². The quantitative estimate of drug-likeness (QED) is 0.252. The number of Topliss-reactive ketones (excluding diaryl/α,β-unsaturated/α-hetero) is 1. The van der Waals surface area contributed by atoms with E-state index in [2.05, 4.69) is 19.8 Å². The average molecular weight is 569 g/mol. The minimum Gasteiger partial charge on any atom is -0.467 e. The predicted octanol–water partition coefficient (Wildman–Crippen LogP) is 3.89. The van der Waals surface area contributed by atoms with Crippen LogP contribution in [0.3, 0.4) is 0 Å². The molecule has 0 aliphatic carbocycles. The summed E-state index contributed by atoms with van der Waals surface area (Å²) in [5, 5.41) is 2.32. The van der Waals surface area contributed by atoms with Crippen molar-refractivity contribution in [3.05, 3.63) is 89.1 Å². The van der Waals surface area contributed by atoms with Gasteiger partial charge in [-0.3, -0.25) is 9.59 Å². The number of nitrogens with one attached hydrogen (secondary N) is 1. The number of amides is 1. The predicted molar refractivity (Wildman–Crippen MR) is 148 cm³/mol. The first kappa shape index (κ1) is 32.9. The third kappa shape index (κ3) is 10.6. The first-order valence-electron chi connectivity index (χ1n) is 12.8. The molecule has 3 atom stereocenters. The normalized spacial score (nSPS) is 12.6. The fourth-order valence-electron chi connectivity index (χ4n) is 3.32. The van der Waals surface area contributed by atoms with Crippen molar-refractivity contribution in [3.63, 3.8) is 0 Å². The zero-order chi connectivity index (χ0) is 30.4. The van der Waals surface area contributed by atoms with Crippen LogP contribution in [0.15, 0.2) is 65.1 Å². The van der Waals surface area contributed by atoms with Gasteiger partial charge in [0.15, 0.2) is 17.5 Å². The van der Waals surface area contributed by atoms with Crippen molar-refractivity contribution in [2.24, 2.45) is 0 Å². The maximum absolute atomic E-state index is 11.9. The molecule has 1 N–H and O–H groups in total. The molecule has 2 unspecified atom stereocenters. The van der Waals surface area contributed by atoms with Gasteiger partial charge in [-0.2, -0.15) is 0 Å². The minimum atomic E-state index is -1.30. The molecule has 11 heteroatoms. The lowest BCUT2D eigenvalue weighted by atomic mass is 10.2. The number of esters is 2. The lowest BCUT2D eigenvalue weighted by Crippen LogP contribution is -2.49. The van der Waals surface area contributed by atoms with Gasteiger partial charge < -0.3 is 28.7 Å². The first-order valence-corrected chi connectivity index (χ1v) is 12.8. The van der Waals surface area contributed by atoms with E-state index in [0.717, 1.165) is 18.2 Å². The number of nitrogens with zero attached hydrogens (tertiary/aromatic N) is 1. The number of carbonyl (C=O) groups excluding carboxylic acids is 4. The number of carbonyl (C=O) groups is 4. The van der Waals surface area contributed by atoms with Crippen molar-refractivity contribution in [2.45, 2.75) is 59.2 Å². The van der Waals surface area contributed by atoms with Crippen molar-refractivity contribution < 1.29 is 42.5 Å². The topological polar surface area (TPSA) is 143 Å². The zero-order valence-electron chi connectivity index (χ0n) is 24.0. The van der Waals surface area contributed by atoms with E-state index in [9.17, 15) is 19.2 Å². The SMILES string of the molecule is COC(=O)[C@@H](NC(=O)C(C)OCc1ccccc1)C(C)=O.COC(=O)c1nc(C(C)OCc2ccccc2)oc1C. The van der Waals surface area contributed by atoms with Gasteiger partial charge in [0.25, 0.3) is 0 Å². The van der Waals surface area contributed by atoms with Gasteiger partial charge in [0, 0.05) is 0 Å². The van der Waals surface area contributed by atoms with Crippen LogP contribution in [0.1, 0.15) is 60.1 Å². The highest BCUT2D eigenvalue weighted by Crippen LogP contribution is 2.21. The molecule has 0 aliphatic rings. The second-order valence-electron chi connectivity index (χ2n) is 8.90. The van der Waals surface area contributed by atoms with Gasteiger partial charge in [0.1, 0.15) is 18.0 Å². The Morgan fingerprint density at radius 2 is 1.39 bits per heavy atom. The molecule has 3 rings (SSSR count). The van der Waals surface area contributed by atoms with E-state index in [1.807, 2.05) is 67.6 Å². The van der Waals surface area contributed by atoms with Crippen molar-refractivity contribution in [1.29, 1.82) is 0 Å². The summed E-state index contributed by atoms with van der Waals surface area (Å²) >= 11 is 0. The van der Waals surface area contributed by atoms with Crippen LogP contribution in [-0.2, 0) is 46.5 Å². The number of ketones is 1. The number of aromatic nitrogens is 1. The first-order chi connectivity index (χ1) is 19.6. The number of oxazole rings is 1. The van der Waals surface area contributed by atoms with E-state index in [4.69, 9.17) is 13.9 Å². The van der Waals surface area contributed by atoms with Gasteiger partial charge in [0.2, 0.25) is 11.8 Å². The molecule has 1 aromatic heterocycles. The van der Waals surface area contributed by atoms with E-state index >= 15 is 0 Å². The minimum absolute atomic E-state index is 0.192. The molecule has 11 nitrogen and oxygen atoms in total. The van der Waals surface area contributed by atoms with Gasteiger partial charge in [-0.25, -0.2) is 14.6 Å². The number of methoxy groups -OCH3 is 2. The average Bonchev–Trinajstić information content (AvgIpc) is 3.39. The number of rotatable bonds is 12. The molecule has 0 radical (unpaired) electrons. The summed E-state index contributed by atoms with van der Waals surface area (Å²) in [5.41, 5.74) is 2.18. The maximum atomic E-state index is 11.9. The molecule has 1 amide bonds. The highest BCUT2D eigenvalue weighted by atomic mass is 16.5. The van der Waals surface area contributed by atoms with Gasteiger partial charge in [-0.1, -0.05) is 60.7 Å². The number of aryl methyl sites for hydroxylation is 1. The van der Waals surface area contributed by atoms with Crippen LogP contribution >= 0.6 is 0 Å². The number of benzene rings is 2. The smallest absolute Gasteiger partial charge is 0.360 e. The molecular weight excluding hydrogens is 532 g/mol. The Bertz CT molecular complexity index is 1280.